The Morgan fingerprint density at radius 1 is 0.875 bits per heavy atom. The van der Waals surface area contributed by atoms with Gasteiger partial charge in [-0.15, -0.1) is 0 Å². The molecule has 0 spiro atoms. The molecule has 2 aromatic carbocycles. The first kappa shape index (κ1) is 34.0. The normalized spacial score (nSPS) is 26.2. The van der Waals surface area contributed by atoms with Gasteiger partial charge in [-0.2, -0.15) is 0 Å². The summed E-state index contributed by atoms with van der Waals surface area (Å²) < 4.78 is 13.1. The number of anilines is 1. The van der Waals surface area contributed by atoms with Gasteiger partial charge in [-0.3, -0.25) is 0 Å². The predicted molar refractivity (Wildman–Crippen MR) is 199 cm³/mol. The Morgan fingerprint density at radius 2 is 1.56 bits per heavy atom. The highest BCUT2D eigenvalue weighted by molar-refractivity contribution is 9.10. The van der Waals surface area contributed by atoms with Gasteiger partial charge in [-0.1, -0.05) is 40.9 Å². The van der Waals surface area contributed by atoms with E-state index >= 15 is 0 Å². The topological polar surface area (TPSA) is 62.8 Å². The van der Waals surface area contributed by atoms with E-state index in [1.54, 1.807) is 45.6 Å². The number of unbranched alkanes of at least 4 members (excludes halogenated alkanes) is 3. The summed E-state index contributed by atoms with van der Waals surface area (Å²) in [5.41, 5.74) is 2.76. The summed E-state index contributed by atoms with van der Waals surface area (Å²) in [6.07, 6.45) is 15.6. The molecule has 1 aromatic heterocycles. The number of ether oxygens (including phenoxy) is 2. The molecule has 260 valence electrons. The monoisotopic (exact) mass is 717 g/mol. The molecule has 48 heavy (non-hydrogen) atoms. The fourth-order valence-electron chi connectivity index (χ4n) is 9.90. The number of nitrogens with zero attached hydrogens (tertiary/aromatic N) is 4. The maximum atomic E-state index is 6.26. The number of halogens is 1. The average Bonchev–Trinajstić information content (AvgIpc) is 3.06. The molecule has 4 aliphatic carbocycles. The van der Waals surface area contributed by atoms with Gasteiger partial charge >= 0.3 is 0 Å². The van der Waals surface area contributed by atoms with Gasteiger partial charge in [0.15, 0.2) is 11.5 Å². The Kier molecular flexibility index (Phi) is 10.8. The molecule has 5 aliphatic rings. The van der Waals surface area contributed by atoms with Crippen molar-refractivity contribution in [2.45, 2.75) is 90.5 Å². The smallest absolute Gasteiger partial charge is 0.163 e. The minimum atomic E-state index is 0.0763. The summed E-state index contributed by atoms with van der Waals surface area (Å²) in [5, 5.41) is 4.52. The highest BCUT2D eigenvalue weighted by Gasteiger charge is 2.50. The number of piperazine rings is 1. The van der Waals surface area contributed by atoms with Crippen LogP contribution in [0.1, 0.15) is 95.0 Å². The molecular weight excluding hydrogens is 662 g/mol. The quantitative estimate of drug-likeness (QED) is 0.157. The summed E-state index contributed by atoms with van der Waals surface area (Å²) in [7, 11) is 1.70. The largest absolute Gasteiger partial charge is 0.493 e. The number of aryl methyl sites for hydroxylation is 1. The van der Waals surface area contributed by atoms with Crippen molar-refractivity contribution in [3.05, 3.63) is 52.3 Å². The van der Waals surface area contributed by atoms with Crippen molar-refractivity contribution >= 4 is 32.7 Å². The second kappa shape index (κ2) is 15.2. The Balaban J connectivity index is 0.817. The number of hydrogen-bond donors (Lipinski definition) is 1. The first-order valence-corrected chi connectivity index (χ1v) is 19.6. The Labute approximate surface area is 296 Å². The van der Waals surface area contributed by atoms with Crippen LogP contribution in [0.3, 0.4) is 0 Å². The zero-order chi connectivity index (χ0) is 33.1. The molecule has 2 heterocycles. The average molecular weight is 719 g/mol. The molecule has 5 fully saturated rings. The number of fused-ring (bicyclic) bond motifs is 1. The van der Waals surface area contributed by atoms with Crippen LogP contribution < -0.4 is 14.8 Å². The molecule has 1 aliphatic heterocycles. The molecule has 8 heteroatoms. The zero-order valence-corrected chi connectivity index (χ0v) is 31.1. The van der Waals surface area contributed by atoms with Gasteiger partial charge in [0, 0.05) is 42.1 Å². The molecule has 1 N–H and O–H groups in total. The standard InChI is InChI=1S/C40H56BrN5O2/c1-28(33-9-8-10-34(41)22-33)42-39-35-23-37(47-3)38(24-36(35)43-29(2)44-39)48-18-7-5-4-6-12-45-14-16-46(17-15-45)13-11-40-25-30-19-31(26-40)21-32(20-30)27-40/h8-10,22-24,28,30-32H,4-7,11-21,25-27H2,1-3H3,(H,42,43,44)/t28-,30?,31?,32?,40?/m1/s1. The van der Waals surface area contributed by atoms with E-state index in [1.807, 2.05) is 25.1 Å². The summed E-state index contributed by atoms with van der Waals surface area (Å²) >= 11 is 3.58. The molecule has 8 rings (SSSR count). The molecule has 0 unspecified atom stereocenters. The van der Waals surface area contributed by atoms with E-state index in [1.165, 1.54) is 70.5 Å². The number of aromatic nitrogens is 2. The lowest BCUT2D eigenvalue weighted by Crippen LogP contribution is -2.50. The van der Waals surface area contributed by atoms with Crippen LogP contribution >= 0.6 is 15.9 Å². The number of benzene rings is 2. The van der Waals surface area contributed by atoms with Crippen LogP contribution in [0.5, 0.6) is 11.5 Å². The second-order valence-corrected chi connectivity index (χ2v) is 16.6. The molecule has 0 amide bonds. The lowest BCUT2D eigenvalue weighted by atomic mass is 9.49. The van der Waals surface area contributed by atoms with E-state index in [4.69, 9.17) is 19.4 Å². The van der Waals surface area contributed by atoms with Crippen LogP contribution in [0.2, 0.25) is 0 Å². The summed E-state index contributed by atoms with van der Waals surface area (Å²) in [4.78, 5) is 14.9. The van der Waals surface area contributed by atoms with Crippen molar-refractivity contribution in [3.8, 4) is 11.5 Å². The maximum absolute atomic E-state index is 6.26. The third-order valence-corrected chi connectivity index (χ3v) is 12.5. The Hall–Kier alpha value is -2.42. The zero-order valence-electron chi connectivity index (χ0n) is 29.5. The van der Waals surface area contributed by atoms with Crippen LogP contribution in [0.25, 0.3) is 10.9 Å². The maximum Gasteiger partial charge on any atom is 0.163 e. The van der Waals surface area contributed by atoms with Crippen LogP contribution in [-0.2, 0) is 0 Å². The van der Waals surface area contributed by atoms with Crippen LogP contribution in [0, 0.1) is 30.1 Å². The third-order valence-electron chi connectivity index (χ3n) is 12.0. The first-order chi connectivity index (χ1) is 23.3. The Bertz CT molecular complexity index is 1500. The fourth-order valence-corrected chi connectivity index (χ4v) is 10.3. The van der Waals surface area contributed by atoms with Crippen LogP contribution in [-0.4, -0.2) is 72.8 Å². The van der Waals surface area contributed by atoms with E-state index in [0.717, 1.165) is 62.4 Å². The van der Waals surface area contributed by atoms with E-state index in [0.29, 0.717) is 12.4 Å². The highest BCUT2D eigenvalue weighted by Crippen LogP contribution is 2.61. The number of hydrogen-bond acceptors (Lipinski definition) is 7. The van der Waals surface area contributed by atoms with E-state index in [2.05, 4.69) is 56.2 Å². The second-order valence-electron chi connectivity index (χ2n) is 15.7. The van der Waals surface area contributed by atoms with Gasteiger partial charge in [0.2, 0.25) is 0 Å². The van der Waals surface area contributed by atoms with Crippen molar-refractivity contribution in [2.24, 2.45) is 23.2 Å². The lowest BCUT2D eigenvalue weighted by Gasteiger charge is -2.57. The van der Waals surface area contributed by atoms with Gasteiger partial charge in [0.25, 0.3) is 0 Å². The minimum absolute atomic E-state index is 0.0763. The summed E-state index contributed by atoms with van der Waals surface area (Å²) in [6.45, 7) is 12.4. The van der Waals surface area contributed by atoms with Gasteiger partial charge in [-0.05, 0) is 132 Å². The predicted octanol–water partition coefficient (Wildman–Crippen LogP) is 9.05. The molecule has 3 aromatic rings. The van der Waals surface area contributed by atoms with E-state index in [-0.39, 0.29) is 6.04 Å². The molecule has 1 saturated heterocycles. The first-order valence-electron chi connectivity index (χ1n) is 18.8. The third kappa shape index (κ3) is 8.13. The SMILES string of the molecule is COc1cc2c(N[C@H](C)c3cccc(Br)c3)nc(C)nc2cc1OCCCCCCN1CCN(CCC23CC4CC(CC(C4)C2)C3)CC1. The van der Waals surface area contributed by atoms with Gasteiger partial charge in [-0.25, -0.2) is 9.97 Å². The summed E-state index contributed by atoms with van der Waals surface area (Å²) in [5.74, 6) is 6.22. The minimum Gasteiger partial charge on any atom is -0.493 e. The number of rotatable bonds is 15. The Morgan fingerprint density at radius 3 is 2.25 bits per heavy atom. The van der Waals surface area contributed by atoms with Crippen LogP contribution in [0.4, 0.5) is 5.82 Å². The van der Waals surface area contributed by atoms with E-state index < -0.39 is 0 Å². The number of methoxy groups -OCH3 is 1. The molecular formula is C40H56BrN5O2. The molecule has 4 saturated carbocycles. The van der Waals surface area contributed by atoms with Crippen molar-refractivity contribution in [3.63, 3.8) is 0 Å². The molecule has 7 nitrogen and oxygen atoms in total. The molecule has 4 bridgehead atoms. The fraction of sp³-hybridized carbons (Fsp3) is 0.650. The molecule has 0 radical (unpaired) electrons. The lowest BCUT2D eigenvalue weighted by molar-refractivity contribution is -0.0622. The van der Waals surface area contributed by atoms with Crippen molar-refractivity contribution in [1.82, 2.24) is 19.8 Å². The van der Waals surface area contributed by atoms with Crippen molar-refractivity contribution in [1.29, 1.82) is 0 Å². The molecule has 1 atom stereocenters. The van der Waals surface area contributed by atoms with Gasteiger partial charge < -0.3 is 24.6 Å². The summed E-state index contributed by atoms with van der Waals surface area (Å²) in [6, 6.07) is 12.4. The van der Waals surface area contributed by atoms with E-state index in [9.17, 15) is 0 Å². The van der Waals surface area contributed by atoms with Crippen molar-refractivity contribution < 1.29 is 9.47 Å². The van der Waals surface area contributed by atoms with Gasteiger partial charge in [0.1, 0.15) is 11.6 Å². The van der Waals surface area contributed by atoms with Crippen molar-refractivity contribution in [2.75, 3.05) is 58.3 Å². The van der Waals surface area contributed by atoms with Crippen LogP contribution in [0.15, 0.2) is 40.9 Å². The highest BCUT2D eigenvalue weighted by atomic mass is 79.9. The van der Waals surface area contributed by atoms with Gasteiger partial charge in [0.05, 0.1) is 25.3 Å². The number of nitrogens with one attached hydrogen (secondary N) is 1.